The number of hydrogen-bond donors (Lipinski definition) is 1. The fraction of sp³-hybridized carbons (Fsp3) is 0.684. The van der Waals surface area contributed by atoms with E-state index in [0.29, 0.717) is 0 Å². The second-order valence-corrected chi connectivity index (χ2v) is 6.75. The molecule has 0 bridgehead atoms. The zero-order valence-electron chi connectivity index (χ0n) is 14.0. The van der Waals surface area contributed by atoms with Gasteiger partial charge in [-0.25, -0.2) is 4.39 Å². The van der Waals surface area contributed by atoms with E-state index in [1.54, 1.807) is 0 Å². The molecule has 0 heterocycles. The summed E-state index contributed by atoms with van der Waals surface area (Å²) in [5, 5.41) is 0. The Morgan fingerprint density at radius 1 is 0.952 bits per heavy atom. The topological polar surface area (TPSA) is 26.0 Å². The van der Waals surface area contributed by atoms with E-state index >= 15 is 0 Å². The summed E-state index contributed by atoms with van der Waals surface area (Å²) in [6, 6.07) is 6.90. The molecule has 1 aromatic rings. The first-order chi connectivity index (χ1) is 9.98. The smallest absolute Gasteiger partial charge is 0.123 e. The summed E-state index contributed by atoms with van der Waals surface area (Å²) in [7, 11) is 0. The van der Waals surface area contributed by atoms with Crippen molar-refractivity contribution in [3.8, 4) is 0 Å². The lowest BCUT2D eigenvalue weighted by Gasteiger charge is -2.32. The van der Waals surface area contributed by atoms with Gasteiger partial charge in [-0.2, -0.15) is 0 Å². The standard InChI is InChI=1S/C19H32FN/c1-4-5-6-7-8-9-10-11-18(21)19(2,3)16-12-14-17(20)15-13-16/h12-15,18H,4-11,21H2,1-3H3. The molecule has 2 heteroatoms. The summed E-state index contributed by atoms with van der Waals surface area (Å²) in [5.74, 6) is -0.185. The SMILES string of the molecule is CCCCCCCCCC(N)C(C)(C)c1ccc(F)cc1. The molecule has 21 heavy (non-hydrogen) atoms. The third kappa shape index (κ3) is 6.17. The van der Waals surface area contributed by atoms with Gasteiger partial charge in [-0.15, -0.1) is 0 Å². The van der Waals surface area contributed by atoms with Gasteiger partial charge in [0.15, 0.2) is 0 Å². The first-order valence-electron chi connectivity index (χ1n) is 8.50. The number of rotatable bonds is 10. The molecule has 0 fully saturated rings. The van der Waals surface area contributed by atoms with Crippen LogP contribution in [0.5, 0.6) is 0 Å². The van der Waals surface area contributed by atoms with Gasteiger partial charge in [0.05, 0.1) is 0 Å². The van der Waals surface area contributed by atoms with E-state index in [1.807, 2.05) is 12.1 Å². The molecule has 1 atom stereocenters. The zero-order valence-corrected chi connectivity index (χ0v) is 14.0. The molecular weight excluding hydrogens is 261 g/mol. The van der Waals surface area contributed by atoms with Crippen molar-refractivity contribution in [3.05, 3.63) is 35.6 Å². The first-order valence-corrected chi connectivity index (χ1v) is 8.50. The largest absolute Gasteiger partial charge is 0.327 e. The Morgan fingerprint density at radius 3 is 2.05 bits per heavy atom. The number of nitrogens with two attached hydrogens (primary N) is 1. The zero-order chi connectivity index (χ0) is 15.7. The van der Waals surface area contributed by atoms with Crippen LogP contribution in [-0.2, 0) is 5.41 Å². The molecule has 1 aromatic carbocycles. The quantitative estimate of drug-likeness (QED) is 0.561. The normalized spacial score (nSPS) is 13.4. The highest BCUT2D eigenvalue weighted by atomic mass is 19.1. The Hall–Kier alpha value is -0.890. The average Bonchev–Trinajstić information content (AvgIpc) is 2.46. The minimum absolute atomic E-state index is 0.101. The number of hydrogen-bond acceptors (Lipinski definition) is 1. The second-order valence-electron chi connectivity index (χ2n) is 6.75. The summed E-state index contributed by atoms with van der Waals surface area (Å²) in [4.78, 5) is 0. The molecule has 0 aliphatic heterocycles. The van der Waals surface area contributed by atoms with Crippen molar-refractivity contribution in [2.45, 2.75) is 83.6 Å². The van der Waals surface area contributed by atoms with Gasteiger partial charge in [0.1, 0.15) is 5.82 Å². The Labute approximate surface area is 130 Å². The molecule has 0 saturated heterocycles. The number of halogens is 1. The minimum Gasteiger partial charge on any atom is -0.327 e. The molecule has 0 spiro atoms. The molecule has 1 unspecified atom stereocenters. The molecule has 2 N–H and O–H groups in total. The summed E-state index contributed by atoms with van der Waals surface area (Å²) in [6.07, 6.45) is 10.2. The lowest BCUT2D eigenvalue weighted by Crippen LogP contribution is -2.40. The minimum atomic E-state index is -0.185. The van der Waals surface area contributed by atoms with Gasteiger partial charge in [-0.05, 0) is 24.1 Å². The van der Waals surface area contributed by atoms with Crippen LogP contribution in [0.1, 0.15) is 77.7 Å². The van der Waals surface area contributed by atoms with E-state index in [2.05, 4.69) is 20.8 Å². The Kier molecular flexibility index (Phi) is 7.95. The van der Waals surface area contributed by atoms with Crippen LogP contribution in [-0.4, -0.2) is 6.04 Å². The van der Waals surface area contributed by atoms with E-state index < -0.39 is 0 Å². The molecule has 0 aliphatic carbocycles. The molecule has 0 amide bonds. The second kappa shape index (κ2) is 9.19. The van der Waals surface area contributed by atoms with E-state index in [9.17, 15) is 4.39 Å². The van der Waals surface area contributed by atoms with Crippen LogP contribution in [0.4, 0.5) is 4.39 Å². The maximum absolute atomic E-state index is 13.0. The van der Waals surface area contributed by atoms with Crippen molar-refractivity contribution in [2.24, 2.45) is 5.73 Å². The van der Waals surface area contributed by atoms with E-state index in [0.717, 1.165) is 12.0 Å². The van der Waals surface area contributed by atoms with Gasteiger partial charge in [-0.1, -0.05) is 77.8 Å². The molecule has 120 valence electrons. The van der Waals surface area contributed by atoms with Gasteiger partial charge in [0.2, 0.25) is 0 Å². The molecule has 1 nitrogen and oxygen atoms in total. The van der Waals surface area contributed by atoms with Crippen LogP contribution in [0.3, 0.4) is 0 Å². The average molecular weight is 293 g/mol. The van der Waals surface area contributed by atoms with Crippen LogP contribution in [0.15, 0.2) is 24.3 Å². The van der Waals surface area contributed by atoms with Crippen molar-refractivity contribution < 1.29 is 4.39 Å². The number of unbranched alkanes of at least 4 members (excludes halogenated alkanes) is 6. The van der Waals surface area contributed by atoms with Crippen LogP contribution in [0, 0.1) is 5.82 Å². The Morgan fingerprint density at radius 2 is 1.48 bits per heavy atom. The fourth-order valence-electron chi connectivity index (χ4n) is 2.78. The lowest BCUT2D eigenvalue weighted by molar-refractivity contribution is 0.374. The van der Waals surface area contributed by atoms with Gasteiger partial charge in [-0.3, -0.25) is 0 Å². The van der Waals surface area contributed by atoms with Crippen molar-refractivity contribution in [1.29, 1.82) is 0 Å². The third-order valence-electron chi connectivity index (χ3n) is 4.63. The molecule has 0 aliphatic rings. The summed E-state index contributed by atoms with van der Waals surface area (Å²) in [5.41, 5.74) is 7.41. The fourth-order valence-corrected chi connectivity index (χ4v) is 2.78. The van der Waals surface area contributed by atoms with Gasteiger partial charge in [0, 0.05) is 11.5 Å². The highest BCUT2D eigenvalue weighted by molar-refractivity contribution is 5.26. The maximum atomic E-state index is 13.0. The molecule has 0 radical (unpaired) electrons. The predicted molar refractivity (Wildman–Crippen MR) is 90.0 cm³/mol. The first kappa shape index (κ1) is 18.2. The summed E-state index contributed by atoms with van der Waals surface area (Å²) in [6.45, 7) is 6.56. The highest BCUT2D eigenvalue weighted by Gasteiger charge is 2.27. The van der Waals surface area contributed by atoms with Crippen molar-refractivity contribution in [3.63, 3.8) is 0 Å². The predicted octanol–water partition coefficient (Wildman–Crippen LogP) is 5.57. The van der Waals surface area contributed by atoms with Crippen LogP contribution < -0.4 is 5.73 Å². The van der Waals surface area contributed by atoms with Crippen LogP contribution in [0.25, 0.3) is 0 Å². The molecular formula is C19H32FN. The Balaban J connectivity index is 2.33. The van der Waals surface area contributed by atoms with E-state index in [4.69, 9.17) is 5.73 Å². The van der Waals surface area contributed by atoms with Gasteiger partial charge < -0.3 is 5.73 Å². The summed E-state index contributed by atoms with van der Waals surface area (Å²) < 4.78 is 13.0. The third-order valence-corrected chi connectivity index (χ3v) is 4.63. The van der Waals surface area contributed by atoms with Gasteiger partial charge >= 0.3 is 0 Å². The summed E-state index contributed by atoms with van der Waals surface area (Å²) >= 11 is 0. The molecule has 0 aromatic heterocycles. The number of benzene rings is 1. The van der Waals surface area contributed by atoms with Crippen molar-refractivity contribution in [2.75, 3.05) is 0 Å². The van der Waals surface area contributed by atoms with E-state index in [1.165, 1.54) is 57.1 Å². The van der Waals surface area contributed by atoms with E-state index in [-0.39, 0.29) is 17.3 Å². The van der Waals surface area contributed by atoms with Gasteiger partial charge in [0.25, 0.3) is 0 Å². The Bertz CT molecular complexity index is 383. The molecule has 1 rings (SSSR count). The monoisotopic (exact) mass is 293 g/mol. The lowest BCUT2D eigenvalue weighted by atomic mass is 9.76. The van der Waals surface area contributed by atoms with Crippen LogP contribution >= 0.6 is 0 Å². The van der Waals surface area contributed by atoms with Crippen molar-refractivity contribution in [1.82, 2.24) is 0 Å². The van der Waals surface area contributed by atoms with Crippen molar-refractivity contribution >= 4 is 0 Å². The molecule has 0 saturated carbocycles. The van der Waals surface area contributed by atoms with Crippen LogP contribution in [0.2, 0.25) is 0 Å². The maximum Gasteiger partial charge on any atom is 0.123 e. The highest BCUT2D eigenvalue weighted by Crippen LogP contribution is 2.29.